The molecule has 0 aliphatic heterocycles. The molecule has 4 nitrogen and oxygen atoms in total. The van der Waals surface area contributed by atoms with Crippen LogP contribution >= 0.6 is 11.3 Å². The van der Waals surface area contributed by atoms with E-state index in [-0.39, 0.29) is 12.6 Å². The second-order valence-electron chi connectivity index (χ2n) is 5.60. The Hall–Kier alpha value is -1.85. The molecule has 1 heterocycles. The number of hydrogen-bond donors (Lipinski definition) is 3. The summed E-state index contributed by atoms with van der Waals surface area (Å²) in [4.78, 5) is 12.8. The predicted molar refractivity (Wildman–Crippen MR) is 89.9 cm³/mol. The minimum absolute atomic E-state index is 0.232. The molecule has 2 rings (SSSR count). The minimum Gasteiger partial charge on any atom is -0.388 e. The number of benzene rings is 1. The summed E-state index contributed by atoms with van der Waals surface area (Å²) >= 11 is 1.60. The van der Waals surface area contributed by atoms with Crippen LogP contribution in [-0.2, 0) is 13.0 Å². The number of carbonyl (C=O) groups is 1. The summed E-state index contributed by atoms with van der Waals surface area (Å²) in [6.07, 6.45) is 1.38. The zero-order valence-electron chi connectivity index (χ0n) is 12.7. The molecule has 5 heteroatoms. The number of urea groups is 1. The molecule has 0 aliphatic rings. The highest BCUT2D eigenvalue weighted by Crippen LogP contribution is 2.13. The Morgan fingerprint density at radius 2 is 1.95 bits per heavy atom. The summed E-state index contributed by atoms with van der Waals surface area (Å²) in [7, 11) is 0. The van der Waals surface area contributed by atoms with Crippen molar-refractivity contribution in [3.05, 3.63) is 58.3 Å². The maximum absolute atomic E-state index is 11.7. The van der Waals surface area contributed by atoms with E-state index >= 15 is 0 Å². The fourth-order valence-electron chi connectivity index (χ4n) is 2.06. The largest absolute Gasteiger partial charge is 0.388 e. The zero-order chi connectivity index (χ0) is 15.8. The van der Waals surface area contributed by atoms with Crippen LogP contribution in [0.4, 0.5) is 4.79 Å². The summed E-state index contributed by atoms with van der Waals surface area (Å²) in [5.41, 5.74) is 0.265. The van der Waals surface area contributed by atoms with Crippen molar-refractivity contribution in [2.45, 2.75) is 31.9 Å². The Bertz CT molecular complexity index is 568. The first-order valence-electron chi connectivity index (χ1n) is 7.35. The van der Waals surface area contributed by atoms with Crippen LogP contribution in [0, 0.1) is 0 Å². The van der Waals surface area contributed by atoms with Crippen LogP contribution in [-0.4, -0.2) is 23.3 Å². The maximum atomic E-state index is 11.7. The Kier molecular flexibility index (Phi) is 5.98. The first-order chi connectivity index (χ1) is 10.6. The van der Waals surface area contributed by atoms with Crippen molar-refractivity contribution in [2.24, 2.45) is 0 Å². The molecular formula is C17H22N2O2S. The van der Waals surface area contributed by atoms with Crippen molar-refractivity contribution in [2.75, 3.05) is 6.54 Å². The van der Waals surface area contributed by atoms with Gasteiger partial charge in [0.15, 0.2) is 0 Å². The zero-order valence-corrected chi connectivity index (χ0v) is 13.5. The van der Waals surface area contributed by atoms with Crippen LogP contribution in [0.15, 0.2) is 47.8 Å². The summed E-state index contributed by atoms with van der Waals surface area (Å²) in [6.45, 7) is 2.49. The molecule has 0 aliphatic carbocycles. The van der Waals surface area contributed by atoms with Crippen molar-refractivity contribution in [1.82, 2.24) is 10.6 Å². The summed E-state index contributed by atoms with van der Waals surface area (Å²) in [5, 5.41) is 17.8. The van der Waals surface area contributed by atoms with Crippen LogP contribution in [0.25, 0.3) is 0 Å². The van der Waals surface area contributed by atoms with Crippen molar-refractivity contribution in [1.29, 1.82) is 0 Å². The van der Waals surface area contributed by atoms with E-state index in [4.69, 9.17) is 0 Å². The van der Waals surface area contributed by atoms with Crippen LogP contribution < -0.4 is 10.6 Å². The summed E-state index contributed by atoms with van der Waals surface area (Å²) in [5.74, 6) is 0. The van der Waals surface area contributed by atoms with Gasteiger partial charge in [-0.1, -0.05) is 36.4 Å². The van der Waals surface area contributed by atoms with Gasteiger partial charge in [-0.3, -0.25) is 0 Å². The van der Waals surface area contributed by atoms with E-state index in [1.54, 1.807) is 18.3 Å². The molecule has 0 spiro atoms. The summed E-state index contributed by atoms with van der Waals surface area (Å²) < 4.78 is 0. The number of amides is 2. The lowest BCUT2D eigenvalue weighted by Gasteiger charge is -2.23. The van der Waals surface area contributed by atoms with E-state index in [9.17, 15) is 9.90 Å². The van der Waals surface area contributed by atoms with Crippen molar-refractivity contribution < 1.29 is 9.90 Å². The lowest BCUT2D eigenvalue weighted by atomic mass is 9.97. The standard InChI is InChI=1S/C17H22N2O2S/c1-17(21,10-9-14-6-3-2-4-7-14)13-19-16(20)18-12-15-8-5-11-22-15/h2-8,11,21H,9-10,12-13H2,1H3,(H2,18,19,20)/t17-/m0/s1. The molecular weight excluding hydrogens is 296 g/mol. The number of aliphatic hydroxyl groups is 1. The fraction of sp³-hybridized carbons (Fsp3) is 0.353. The van der Waals surface area contributed by atoms with E-state index in [0.29, 0.717) is 13.0 Å². The van der Waals surface area contributed by atoms with Gasteiger partial charge in [-0.15, -0.1) is 11.3 Å². The molecule has 0 bridgehead atoms. The molecule has 2 aromatic rings. The van der Waals surface area contributed by atoms with Crippen molar-refractivity contribution in [3.8, 4) is 0 Å². The molecule has 0 radical (unpaired) electrons. The highest BCUT2D eigenvalue weighted by molar-refractivity contribution is 7.09. The van der Waals surface area contributed by atoms with E-state index in [0.717, 1.165) is 11.3 Å². The molecule has 1 atom stereocenters. The quantitative estimate of drug-likeness (QED) is 0.735. The molecule has 0 unspecified atom stereocenters. The number of rotatable bonds is 7. The SMILES string of the molecule is C[C@](O)(CCc1ccccc1)CNC(=O)NCc1cccs1. The second kappa shape index (κ2) is 7.96. The van der Waals surface area contributed by atoms with Crippen molar-refractivity contribution in [3.63, 3.8) is 0 Å². The normalized spacial score (nSPS) is 13.4. The average molecular weight is 318 g/mol. The summed E-state index contributed by atoms with van der Waals surface area (Å²) in [6, 6.07) is 13.7. The lowest BCUT2D eigenvalue weighted by Crippen LogP contribution is -2.44. The van der Waals surface area contributed by atoms with Gasteiger partial charge < -0.3 is 15.7 Å². The smallest absolute Gasteiger partial charge is 0.315 e. The Morgan fingerprint density at radius 1 is 1.18 bits per heavy atom. The molecule has 0 saturated carbocycles. The monoisotopic (exact) mass is 318 g/mol. The van der Waals surface area contributed by atoms with Gasteiger partial charge in [-0.2, -0.15) is 0 Å². The van der Waals surface area contributed by atoms with E-state index < -0.39 is 5.60 Å². The molecule has 3 N–H and O–H groups in total. The number of thiophene rings is 1. The highest BCUT2D eigenvalue weighted by atomic mass is 32.1. The van der Waals surface area contributed by atoms with Gasteiger partial charge in [0.1, 0.15) is 0 Å². The second-order valence-corrected chi connectivity index (χ2v) is 6.63. The third-order valence-electron chi connectivity index (χ3n) is 3.43. The molecule has 0 fully saturated rings. The Morgan fingerprint density at radius 3 is 2.64 bits per heavy atom. The van der Waals surface area contributed by atoms with Gasteiger partial charge in [-0.05, 0) is 36.8 Å². The van der Waals surface area contributed by atoms with Gasteiger partial charge in [0.2, 0.25) is 0 Å². The number of aryl methyl sites for hydroxylation is 1. The van der Waals surface area contributed by atoms with Crippen LogP contribution in [0.2, 0.25) is 0 Å². The minimum atomic E-state index is -0.921. The highest BCUT2D eigenvalue weighted by Gasteiger charge is 2.20. The first-order valence-corrected chi connectivity index (χ1v) is 8.23. The molecule has 0 saturated heterocycles. The first kappa shape index (κ1) is 16.5. The van der Waals surface area contributed by atoms with Crippen LogP contribution in [0.1, 0.15) is 23.8 Å². The van der Waals surface area contributed by atoms with E-state index in [1.165, 1.54) is 5.56 Å². The van der Waals surface area contributed by atoms with Gasteiger partial charge in [0.05, 0.1) is 12.1 Å². The van der Waals surface area contributed by atoms with Gasteiger partial charge in [0, 0.05) is 11.4 Å². The topological polar surface area (TPSA) is 61.4 Å². The average Bonchev–Trinajstić information content (AvgIpc) is 3.04. The third-order valence-corrected chi connectivity index (χ3v) is 4.30. The van der Waals surface area contributed by atoms with Gasteiger partial charge in [-0.25, -0.2) is 4.79 Å². The number of hydrogen-bond acceptors (Lipinski definition) is 3. The van der Waals surface area contributed by atoms with E-state index in [2.05, 4.69) is 10.6 Å². The van der Waals surface area contributed by atoms with Gasteiger partial charge in [0.25, 0.3) is 0 Å². The van der Waals surface area contributed by atoms with Crippen molar-refractivity contribution >= 4 is 17.4 Å². The third kappa shape index (κ3) is 5.87. The fourth-order valence-corrected chi connectivity index (χ4v) is 2.71. The Balaban J connectivity index is 1.68. The van der Waals surface area contributed by atoms with Gasteiger partial charge >= 0.3 is 6.03 Å². The predicted octanol–water partition coefficient (Wildman–Crippen LogP) is 2.93. The Labute approximate surface area is 135 Å². The molecule has 1 aromatic carbocycles. The molecule has 118 valence electrons. The maximum Gasteiger partial charge on any atom is 0.315 e. The molecule has 1 aromatic heterocycles. The van der Waals surface area contributed by atoms with Crippen LogP contribution in [0.5, 0.6) is 0 Å². The number of carbonyl (C=O) groups excluding carboxylic acids is 1. The van der Waals surface area contributed by atoms with E-state index in [1.807, 2.05) is 47.8 Å². The number of nitrogens with one attached hydrogen (secondary N) is 2. The lowest BCUT2D eigenvalue weighted by molar-refractivity contribution is 0.0534. The molecule has 22 heavy (non-hydrogen) atoms. The van der Waals surface area contributed by atoms with Crippen LogP contribution in [0.3, 0.4) is 0 Å². The molecule has 2 amide bonds.